The second kappa shape index (κ2) is 10.6. The van der Waals surface area contributed by atoms with Crippen LogP contribution in [0.2, 0.25) is 0 Å². The van der Waals surface area contributed by atoms with Gasteiger partial charge in [0.1, 0.15) is 24.1 Å². The molecule has 180 valence electrons. The number of nitrogens with zero attached hydrogens (tertiary/aromatic N) is 2. The van der Waals surface area contributed by atoms with E-state index in [1.165, 1.54) is 24.0 Å². The number of methoxy groups -OCH3 is 2. The molecule has 4 rings (SSSR count). The molecule has 2 aliphatic rings. The Hall–Kier alpha value is -3.59. The lowest BCUT2D eigenvalue weighted by Gasteiger charge is -2.46. The topological polar surface area (TPSA) is 100 Å². The molecule has 0 spiro atoms. The van der Waals surface area contributed by atoms with Crippen molar-refractivity contribution in [3.05, 3.63) is 54.1 Å². The Morgan fingerprint density at radius 2 is 1.91 bits per heavy atom. The third-order valence-corrected chi connectivity index (χ3v) is 6.30. The first-order valence-electron chi connectivity index (χ1n) is 11.4. The minimum Gasteiger partial charge on any atom is -0.497 e. The highest BCUT2D eigenvalue weighted by Gasteiger charge is 2.47. The molecule has 2 aliphatic heterocycles. The van der Waals surface area contributed by atoms with Crippen molar-refractivity contribution < 1.29 is 23.9 Å². The van der Waals surface area contributed by atoms with E-state index in [1.807, 2.05) is 30.3 Å². The van der Waals surface area contributed by atoms with Crippen molar-refractivity contribution in [1.29, 1.82) is 0 Å². The van der Waals surface area contributed by atoms with Crippen LogP contribution in [-0.4, -0.2) is 73.6 Å². The number of carbonyl (C=O) groups excluding carboxylic acids is 3. The average molecular weight is 467 g/mol. The summed E-state index contributed by atoms with van der Waals surface area (Å²) in [7, 11) is 3.05. The molecule has 9 nitrogen and oxygen atoms in total. The first-order valence-corrected chi connectivity index (χ1v) is 11.4. The second-order valence-corrected chi connectivity index (χ2v) is 8.39. The molecule has 4 amide bonds. The summed E-state index contributed by atoms with van der Waals surface area (Å²) in [6.07, 6.45) is 2.04. The zero-order chi connectivity index (χ0) is 24.1. The first-order chi connectivity index (χ1) is 16.5. The van der Waals surface area contributed by atoms with Gasteiger partial charge < -0.3 is 25.0 Å². The van der Waals surface area contributed by atoms with Gasteiger partial charge in [-0.1, -0.05) is 30.3 Å². The van der Waals surface area contributed by atoms with Crippen LogP contribution >= 0.6 is 0 Å². The Labute approximate surface area is 199 Å². The van der Waals surface area contributed by atoms with Crippen molar-refractivity contribution in [3.63, 3.8) is 0 Å². The number of fused-ring (bicyclic) bond motifs is 1. The van der Waals surface area contributed by atoms with Gasteiger partial charge in [0.25, 0.3) is 0 Å². The molecule has 0 aliphatic carbocycles. The van der Waals surface area contributed by atoms with Gasteiger partial charge in [-0.3, -0.25) is 14.5 Å². The van der Waals surface area contributed by atoms with Crippen molar-refractivity contribution in [2.24, 2.45) is 0 Å². The van der Waals surface area contributed by atoms with E-state index < -0.39 is 12.1 Å². The van der Waals surface area contributed by atoms with Crippen molar-refractivity contribution in [2.45, 2.75) is 31.3 Å². The fourth-order valence-electron chi connectivity index (χ4n) is 4.55. The SMILES string of the molecule is COc1ccc(OC)c(NC(=O)CN2C(=O)N(CCc3ccccc3)C(=O)C3NCCCC32)c1. The van der Waals surface area contributed by atoms with E-state index in [0.717, 1.165) is 12.0 Å². The minimum atomic E-state index is -0.513. The lowest BCUT2D eigenvalue weighted by Crippen LogP contribution is -2.70. The van der Waals surface area contributed by atoms with Crippen LogP contribution in [0.4, 0.5) is 10.5 Å². The minimum absolute atomic E-state index is 0.169. The van der Waals surface area contributed by atoms with Gasteiger partial charge in [0.15, 0.2) is 0 Å². The molecule has 0 saturated carbocycles. The summed E-state index contributed by atoms with van der Waals surface area (Å²) in [5.74, 6) is 0.453. The molecule has 34 heavy (non-hydrogen) atoms. The number of nitrogens with one attached hydrogen (secondary N) is 2. The van der Waals surface area contributed by atoms with E-state index >= 15 is 0 Å². The standard InChI is InChI=1S/C25H30N4O5/c1-33-18-10-11-21(34-2)19(15-18)27-22(30)16-29-20-9-6-13-26-23(20)24(31)28(25(29)32)14-12-17-7-4-3-5-8-17/h3-5,7-8,10-11,15,20,23,26H,6,9,12-14,16H2,1-2H3,(H,27,30). The first kappa shape index (κ1) is 23.6. The fraction of sp³-hybridized carbons (Fsp3) is 0.400. The molecular weight excluding hydrogens is 436 g/mol. The molecule has 0 radical (unpaired) electrons. The van der Waals surface area contributed by atoms with E-state index in [1.54, 1.807) is 18.2 Å². The van der Waals surface area contributed by atoms with Gasteiger partial charge in [0.05, 0.1) is 25.9 Å². The van der Waals surface area contributed by atoms with Gasteiger partial charge in [-0.15, -0.1) is 0 Å². The third-order valence-electron chi connectivity index (χ3n) is 6.30. The predicted molar refractivity (Wildman–Crippen MR) is 127 cm³/mol. The van der Waals surface area contributed by atoms with E-state index in [9.17, 15) is 14.4 Å². The normalized spacial score (nSPS) is 20.1. The zero-order valence-electron chi connectivity index (χ0n) is 19.5. The number of urea groups is 1. The molecule has 2 N–H and O–H groups in total. The van der Waals surface area contributed by atoms with E-state index in [0.29, 0.717) is 36.6 Å². The summed E-state index contributed by atoms with van der Waals surface area (Å²) in [5, 5.41) is 6.07. The van der Waals surface area contributed by atoms with Crippen LogP contribution in [0.1, 0.15) is 18.4 Å². The van der Waals surface area contributed by atoms with Gasteiger partial charge in [-0.2, -0.15) is 0 Å². The Morgan fingerprint density at radius 1 is 1.12 bits per heavy atom. The largest absolute Gasteiger partial charge is 0.497 e. The van der Waals surface area contributed by atoms with Crippen LogP contribution in [0.3, 0.4) is 0 Å². The second-order valence-electron chi connectivity index (χ2n) is 8.39. The van der Waals surface area contributed by atoms with Crippen LogP contribution in [0.15, 0.2) is 48.5 Å². The molecule has 2 unspecified atom stereocenters. The number of hydrogen-bond acceptors (Lipinski definition) is 6. The van der Waals surface area contributed by atoms with Crippen LogP contribution < -0.4 is 20.1 Å². The predicted octanol–water partition coefficient (Wildman–Crippen LogP) is 2.27. The Kier molecular flexibility index (Phi) is 7.32. The highest BCUT2D eigenvalue weighted by atomic mass is 16.5. The zero-order valence-corrected chi connectivity index (χ0v) is 19.5. The van der Waals surface area contributed by atoms with Crippen molar-refractivity contribution in [3.8, 4) is 11.5 Å². The quantitative estimate of drug-likeness (QED) is 0.619. The summed E-state index contributed by atoms with van der Waals surface area (Å²) in [6.45, 7) is 0.792. The maximum Gasteiger partial charge on any atom is 0.327 e. The molecule has 2 fully saturated rings. The summed E-state index contributed by atoms with van der Waals surface area (Å²) in [5.41, 5.74) is 1.49. The van der Waals surface area contributed by atoms with E-state index in [-0.39, 0.29) is 30.9 Å². The number of rotatable bonds is 8. The highest BCUT2D eigenvalue weighted by molar-refractivity contribution is 6.03. The third kappa shape index (κ3) is 4.99. The lowest BCUT2D eigenvalue weighted by molar-refractivity contribution is -0.138. The lowest BCUT2D eigenvalue weighted by atomic mass is 9.93. The van der Waals surface area contributed by atoms with Crippen LogP contribution in [0.25, 0.3) is 0 Å². The molecule has 2 heterocycles. The van der Waals surface area contributed by atoms with Gasteiger partial charge in [0, 0.05) is 12.6 Å². The van der Waals surface area contributed by atoms with Gasteiger partial charge >= 0.3 is 6.03 Å². The van der Waals surface area contributed by atoms with Gasteiger partial charge in [0.2, 0.25) is 11.8 Å². The fourth-order valence-corrected chi connectivity index (χ4v) is 4.55. The average Bonchev–Trinajstić information content (AvgIpc) is 2.87. The monoisotopic (exact) mass is 466 g/mol. The van der Waals surface area contributed by atoms with Crippen molar-refractivity contribution in [2.75, 3.05) is 39.2 Å². The Bertz CT molecular complexity index is 1040. The molecular formula is C25H30N4O5. The summed E-state index contributed by atoms with van der Waals surface area (Å²) in [6, 6.07) is 13.5. The van der Waals surface area contributed by atoms with E-state index in [4.69, 9.17) is 9.47 Å². The molecule has 2 saturated heterocycles. The van der Waals surface area contributed by atoms with Crippen molar-refractivity contribution >= 4 is 23.5 Å². The molecule has 0 bridgehead atoms. The maximum absolute atomic E-state index is 13.4. The molecule has 9 heteroatoms. The van der Waals surface area contributed by atoms with Crippen molar-refractivity contribution in [1.82, 2.24) is 15.1 Å². The van der Waals surface area contributed by atoms with Crippen LogP contribution in [0.5, 0.6) is 11.5 Å². The van der Waals surface area contributed by atoms with Crippen LogP contribution in [0, 0.1) is 0 Å². The number of carbonyl (C=O) groups is 3. The molecule has 2 atom stereocenters. The highest BCUT2D eigenvalue weighted by Crippen LogP contribution is 2.29. The van der Waals surface area contributed by atoms with Crippen LogP contribution in [-0.2, 0) is 16.0 Å². The Morgan fingerprint density at radius 3 is 2.65 bits per heavy atom. The summed E-state index contributed by atoms with van der Waals surface area (Å²) >= 11 is 0. The number of ether oxygens (including phenoxy) is 2. The maximum atomic E-state index is 13.4. The molecule has 2 aromatic rings. The number of amides is 4. The smallest absolute Gasteiger partial charge is 0.327 e. The number of piperidine rings is 1. The van der Waals surface area contributed by atoms with E-state index in [2.05, 4.69) is 10.6 Å². The Balaban J connectivity index is 1.51. The number of hydrogen-bond donors (Lipinski definition) is 2. The summed E-state index contributed by atoms with van der Waals surface area (Å²) < 4.78 is 10.6. The number of anilines is 1. The molecule has 0 aromatic heterocycles. The molecule has 2 aromatic carbocycles. The van der Waals surface area contributed by atoms with Gasteiger partial charge in [-0.25, -0.2) is 4.79 Å². The summed E-state index contributed by atoms with van der Waals surface area (Å²) in [4.78, 5) is 42.4. The number of imide groups is 1. The van der Waals surface area contributed by atoms with Gasteiger partial charge in [-0.05, 0) is 43.5 Å². The number of benzene rings is 2.